The molecule has 0 aromatic heterocycles. The molecule has 0 saturated carbocycles. The third-order valence-corrected chi connectivity index (χ3v) is 5.47. The van der Waals surface area contributed by atoms with E-state index in [1.807, 2.05) is 39.8 Å². The number of para-hydroxylation sites is 1. The molecule has 3 rings (SSSR count). The first kappa shape index (κ1) is 16.3. The zero-order chi connectivity index (χ0) is 16.2. The van der Waals surface area contributed by atoms with E-state index in [1.54, 1.807) is 6.92 Å². The number of nitrogens with zero attached hydrogens (tertiary/aromatic N) is 3. The molecule has 0 spiro atoms. The van der Waals surface area contributed by atoms with Gasteiger partial charge in [-0.25, -0.2) is 0 Å². The van der Waals surface area contributed by atoms with Gasteiger partial charge in [-0.2, -0.15) is 0 Å². The first-order valence-electron chi connectivity index (χ1n) is 8.15. The number of anilines is 1. The van der Waals surface area contributed by atoms with Crippen LogP contribution in [0, 0.1) is 0 Å². The van der Waals surface area contributed by atoms with Gasteiger partial charge in [-0.3, -0.25) is 14.5 Å². The maximum absolute atomic E-state index is 12.8. The predicted octanol–water partition coefficient (Wildman–Crippen LogP) is 1.68. The van der Waals surface area contributed by atoms with Crippen molar-refractivity contribution in [2.75, 3.05) is 49.9 Å². The van der Waals surface area contributed by atoms with E-state index >= 15 is 0 Å². The Bertz CT molecular complexity index is 593. The average molecular weight is 333 g/mol. The van der Waals surface area contributed by atoms with E-state index < -0.39 is 0 Å². The highest BCUT2D eigenvalue weighted by atomic mass is 32.2. The number of benzene rings is 1. The molecule has 5 nitrogen and oxygen atoms in total. The van der Waals surface area contributed by atoms with Crippen molar-refractivity contribution >= 4 is 29.3 Å². The minimum atomic E-state index is 0.125. The fourth-order valence-corrected chi connectivity index (χ4v) is 4.14. The minimum Gasteiger partial charge on any atom is -0.342 e. The van der Waals surface area contributed by atoms with Gasteiger partial charge in [0, 0.05) is 50.3 Å². The van der Waals surface area contributed by atoms with Crippen molar-refractivity contribution in [1.82, 2.24) is 9.80 Å². The van der Waals surface area contributed by atoms with Crippen LogP contribution in [-0.2, 0) is 9.59 Å². The molecule has 0 N–H and O–H groups in total. The SMILES string of the molecule is CC(=O)N1CCCN(CC(=O)N2CCSc3ccccc32)CC1. The fourth-order valence-electron chi connectivity index (χ4n) is 3.15. The molecule has 0 bridgehead atoms. The predicted molar refractivity (Wildman–Crippen MR) is 92.8 cm³/mol. The lowest BCUT2D eigenvalue weighted by Crippen LogP contribution is -2.44. The highest BCUT2D eigenvalue weighted by Crippen LogP contribution is 2.34. The maximum atomic E-state index is 12.8. The van der Waals surface area contributed by atoms with Crippen LogP contribution in [0.1, 0.15) is 13.3 Å². The summed E-state index contributed by atoms with van der Waals surface area (Å²) in [6, 6.07) is 8.11. The smallest absolute Gasteiger partial charge is 0.241 e. The molecule has 1 aromatic rings. The molecule has 2 heterocycles. The zero-order valence-electron chi connectivity index (χ0n) is 13.5. The Morgan fingerprint density at radius 1 is 1.09 bits per heavy atom. The maximum Gasteiger partial charge on any atom is 0.241 e. The van der Waals surface area contributed by atoms with Gasteiger partial charge in [-0.15, -0.1) is 11.8 Å². The lowest BCUT2D eigenvalue weighted by Gasteiger charge is -2.31. The van der Waals surface area contributed by atoms with Gasteiger partial charge in [-0.1, -0.05) is 12.1 Å². The number of amides is 2. The normalized spacial score (nSPS) is 19.2. The molecule has 0 radical (unpaired) electrons. The molecule has 1 fully saturated rings. The van der Waals surface area contributed by atoms with Crippen molar-refractivity contribution in [3.05, 3.63) is 24.3 Å². The Morgan fingerprint density at radius 3 is 2.74 bits per heavy atom. The third-order valence-electron chi connectivity index (χ3n) is 4.42. The molecule has 2 aliphatic heterocycles. The van der Waals surface area contributed by atoms with Gasteiger partial charge < -0.3 is 9.80 Å². The Balaban J connectivity index is 1.63. The molecule has 1 aromatic carbocycles. The Labute approximate surface area is 141 Å². The van der Waals surface area contributed by atoms with E-state index in [0.717, 1.165) is 50.6 Å². The first-order valence-corrected chi connectivity index (χ1v) is 9.14. The highest BCUT2D eigenvalue weighted by molar-refractivity contribution is 7.99. The summed E-state index contributed by atoms with van der Waals surface area (Å²) in [7, 11) is 0. The number of hydrogen-bond acceptors (Lipinski definition) is 4. The van der Waals surface area contributed by atoms with Gasteiger partial charge in [-0.05, 0) is 18.6 Å². The second-order valence-electron chi connectivity index (χ2n) is 6.00. The van der Waals surface area contributed by atoms with E-state index in [1.165, 1.54) is 4.90 Å². The van der Waals surface area contributed by atoms with Crippen LogP contribution in [0.5, 0.6) is 0 Å². The first-order chi connectivity index (χ1) is 11.1. The Hall–Kier alpha value is -1.53. The summed E-state index contributed by atoms with van der Waals surface area (Å²) in [5, 5.41) is 0. The molecule has 1 saturated heterocycles. The molecule has 0 atom stereocenters. The average Bonchev–Trinajstić information content (AvgIpc) is 2.80. The second kappa shape index (κ2) is 7.36. The van der Waals surface area contributed by atoms with Crippen molar-refractivity contribution in [2.24, 2.45) is 0 Å². The van der Waals surface area contributed by atoms with Crippen molar-refractivity contribution in [1.29, 1.82) is 0 Å². The quantitative estimate of drug-likeness (QED) is 0.826. The van der Waals surface area contributed by atoms with Crippen molar-refractivity contribution < 1.29 is 9.59 Å². The van der Waals surface area contributed by atoms with Gasteiger partial charge in [0.15, 0.2) is 0 Å². The summed E-state index contributed by atoms with van der Waals surface area (Å²) in [6.07, 6.45) is 0.930. The lowest BCUT2D eigenvalue weighted by molar-refractivity contribution is -0.128. The third kappa shape index (κ3) is 3.87. The van der Waals surface area contributed by atoms with Crippen LogP contribution in [0.2, 0.25) is 0 Å². The van der Waals surface area contributed by atoms with Crippen molar-refractivity contribution in [2.45, 2.75) is 18.2 Å². The highest BCUT2D eigenvalue weighted by Gasteiger charge is 2.25. The van der Waals surface area contributed by atoms with E-state index in [4.69, 9.17) is 0 Å². The van der Waals surface area contributed by atoms with Crippen molar-refractivity contribution in [3.63, 3.8) is 0 Å². The number of thioether (sulfide) groups is 1. The largest absolute Gasteiger partial charge is 0.342 e. The Morgan fingerprint density at radius 2 is 1.91 bits per heavy atom. The summed E-state index contributed by atoms with van der Waals surface area (Å²) in [4.78, 5) is 31.4. The number of hydrogen-bond donors (Lipinski definition) is 0. The van der Waals surface area contributed by atoms with Crippen LogP contribution in [0.15, 0.2) is 29.2 Å². The number of carbonyl (C=O) groups excluding carboxylic acids is 2. The van der Waals surface area contributed by atoms with Gasteiger partial charge in [0.2, 0.25) is 11.8 Å². The number of fused-ring (bicyclic) bond motifs is 1. The van der Waals surface area contributed by atoms with Crippen LogP contribution in [0.25, 0.3) is 0 Å². The molecule has 0 aliphatic carbocycles. The molecular weight excluding hydrogens is 310 g/mol. The summed E-state index contributed by atoms with van der Waals surface area (Å²) >= 11 is 1.81. The van der Waals surface area contributed by atoms with E-state index in [9.17, 15) is 9.59 Å². The standard InChI is InChI=1S/C17H23N3O2S/c1-14(21)19-8-4-7-18(9-10-19)13-17(22)20-11-12-23-16-6-3-2-5-15(16)20/h2-3,5-6H,4,7-13H2,1H3. The molecule has 6 heteroatoms. The van der Waals surface area contributed by atoms with Crippen molar-refractivity contribution in [3.8, 4) is 0 Å². The lowest BCUT2D eigenvalue weighted by atomic mass is 10.2. The summed E-state index contributed by atoms with van der Waals surface area (Å²) in [6.45, 7) is 5.98. The second-order valence-corrected chi connectivity index (χ2v) is 7.13. The van der Waals surface area contributed by atoms with Gasteiger partial charge in [0.05, 0.1) is 12.2 Å². The molecule has 0 unspecified atom stereocenters. The number of carbonyl (C=O) groups is 2. The zero-order valence-corrected chi connectivity index (χ0v) is 14.3. The molecular formula is C17H23N3O2S. The van der Waals surface area contributed by atoms with Crippen LogP contribution in [0.4, 0.5) is 5.69 Å². The topological polar surface area (TPSA) is 43.9 Å². The van der Waals surface area contributed by atoms with Crippen LogP contribution < -0.4 is 4.90 Å². The van der Waals surface area contributed by atoms with Crippen LogP contribution in [-0.4, -0.2) is 66.6 Å². The number of rotatable bonds is 2. The molecule has 2 aliphatic rings. The molecule has 2 amide bonds. The van der Waals surface area contributed by atoms with Gasteiger partial charge >= 0.3 is 0 Å². The van der Waals surface area contributed by atoms with Crippen LogP contribution in [0.3, 0.4) is 0 Å². The summed E-state index contributed by atoms with van der Waals surface area (Å²) in [5.74, 6) is 1.23. The fraction of sp³-hybridized carbons (Fsp3) is 0.529. The molecule has 23 heavy (non-hydrogen) atoms. The summed E-state index contributed by atoms with van der Waals surface area (Å²) in [5.41, 5.74) is 1.04. The van der Waals surface area contributed by atoms with E-state index in [2.05, 4.69) is 11.0 Å². The monoisotopic (exact) mass is 333 g/mol. The minimum absolute atomic E-state index is 0.125. The Kier molecular flexibility index (Phi) is 5.23. The van der Waals surface area contributed by atoms with Gasteiger partial charge in [0.25, 0.3) is 0 Å². The van der Waals surface area contributed by atoms with Gasteiger partial charge in [0.1, 0.15) is 0 Å². The van der Waals surface area contributed by atoms with Crippen LogP contribution >= 0.6 is 11.8 Å². The van der Waals surface area contributed by atoms with E-state index in [-0.39, 0.29) is 11.8 Å². The van der Waals surface area contributed by atoms with E-state index in [0.29, 0.717) is 6.54 Å². The molecule has 124 valence electrons. The summed E-state index contributed by atoms with van der Waals surface area (Å²) < 4.78 is 0.